The first-order chi connectivity index (χ1) is 8.61. The lowest BCUT2D eigenvalue weighted by atomic mass is 10.1. The molecule has 96 valence electrons. The molecule has 0 bridgehead atoms. The summed E-state index contributed by atoms with van der Waals surface area (Å²) in [5.41, 5.74) is 0.271. The molecule has 4 nitrogen and oxygen atoms in total. The normalized spacial score (nSPS) is 16.7. The first-order valence-corrected chi connectivity index (χ1v) is 5.84. The van der Waals surface area contributed by atoms with Crippen LogP contribution in [0.5, 0.6) is 0 Å². The van der Waals surface area contributed by atoms with Gasteiger partial charge in [-0.3, -0.25) is 9.59 Å². The minimum Gasteiger partial charge on any atom is -0.336 e. The second kappa shape index (κ2) is 5.27. The molecule has 1 aliphatic rings. The molecular weight excluding hydrogens is 235 g/mol. The lowest BCUT2D eigenvalue weighted by molar-refractivity contribution is 0.0663. The van der Waals surface area contributed by atoms with E-state index in [1.165, 1.54) is 12.1 Å². The van der Waals surface area contributed by atoms with Crippen LogP contribution < -0.4 is 0 Å². The van der Waals surface area contributed by atoms with E-state index in [1.807, 2.05) is 7.05 Å². The van der Waals surface area contributed by atoms with Gasteiger partial charge in [-0.15, -0.1) is 0 Å². The van der Waals surface area contributed by atoms with Crippen LogP contribution in [0.25, 0.3) is 0 Å². The van der Waals surface area contributed by atoms with Crippen LogP contribution in [0.15, 0.2) is 18.2 Å². The quantitative estimate of drug-likeness (QED) is 0.736. The van der Waals surface area contributed by atoms with Crippen LogP contribution in [0, 0.1) is 5.82 Å². The maximum absolute atomic E-state index is 13.4. The SMILES string of the molecule is CN1CCN(C(=O)c2ccc(C=O)c(F)c2)CC1. The standard InChI is InChI=1S/C13H15FN2O2/c1-15-4-6-16(7-5-15)13(18)10-2-3-11(9-17)12(14)8-10/h2-3,8-9H,4-7H2,1H3. The fourth-order valence-corrected chi connectivity index (χ4v) is 1.95. The summed E-state index contributed by atoms with van der Waals surface area (Å²) >= 11 is 0. The van der Waals surface area contributed by atoms with Crippen molar-refractivity contribution in [2.45, 2.75) is 0 Å². The molecule has 0 N–H and O–H groups in total. The van der Waals surface area contributed by atoms with Crippen LogP contribution in [0.2, 0.25) is 0 Å². The van der Waals surface area contributed by atoms with Gasteiger partial charge in [0.05, 0.1) is 5.56 Å². The van der Waals surface area contributed by atoms with Crippen LogP contribution in [0.3, 0.4) is 0 Å². The van der Waals surface area contributed by atoms with Gasteiger partial charge in [-0.05, 0) is 25.2 Å². The molecule has 18 heavy (non-hydrogen) atoms. The zero-order chi connectivity index (χ0) is 13.1. The summed E-state index contributed by atoms with van der Waals surface area (Å²) in [5.74, 6) is -0.829. The minimum absolute atomic E-state index is 0.0232. The molecule has 1 fully saturated rings. The molecule has 0 unspecified atom stereocenters. The van der Waals surface area contributed by atoms with Gasteiger partial charge in [-0.25, -0.2) is 4.39 Å². The largest absolute Gasteiger partial charge is 0.336 e. The Morgan fingerprint density at radius 2 is 1.94 bits per heavy atom. The van der Waals surface area contributed by atoms with Crippen molar-refractivity contribution in [3.8, 4) is 0 Å². The number of carbonyl (C=O) groups is 2. The molecule has 0 atom stereocenters. The molecule has 5 heteroatoms. The number of rotatable bonds is 2. The van der Waals surface area contributed by atoms with Crippen molar-refractivity contribution in [1.82, 2.24) is 9.80 Å². The molecule has 0 aliphatic carbocycles. The minimum atomic E-state index is -0.648. The molecule has 1 aromatic carbocycles. The molecule has 1 amide bonds. The van der Waals surface area contributed by atoms with E-state index in [0.29, 0.717) is 24.9 Å². The third-order valence-corrected chi connectivity index (χ3v) is 3.16. The van der Waals surface area contributed by atoms with Crippen molar-refractivity contribution in [3.63, 3.8) is 0 Å². The number of hydrogen-bond acceptors (Lipinski definition) is 3. The summed E-state index contributed by atoms with van der Waals surface area (Å²) in [5, 5.41) is 0. The Labute approximate surface area is 105 Å². The van der Waals surface area contributed by atoms with Gasteiger partial charge in [-0.2, -0.15) is 0 Å². The summed E-state index contributed by atoms with van der Waals surface area (Å²) in [4.78, 5) is 26.5. The van der Waals surface area contributed by atoms with Gasteiger partial charge in [0.1, 0.15) is 5.82 Å². The highest BCUT2D eigenvalue weighted by Gasteiger charge is 2.20. The number of halogens is 1. The number of piperazine rings is 1. The van der Waals surface area contributed by atoms with Gasteiger partial charge in [0.2, 0.25) is 0 Å². The Bertz CT molecular complexity index is 468. The summed E-state index contributed by atoms with van der Waals surface area (Å²) in [6.07, 6.45) is 0.444. The van der Waals surface area contributed by atoms with Crippen LogP contribution in [0.4, 0.5) is 4.39 Å². The number of carbonyl (C=O) groups excluding carboxylic acids is 2. The lowest BCUT2D eigenvalue weighted by Gasteiger charge is -2.32. The van der Waals surface area contributed by atoms with Crippen LogP contribution in [0.1, 0.15) is 20.7 Å². The third kappa shape index (κ3) is 2.56. The van der Waals surface area contributed by atoms with Gasteiger partial charge in [0, 0.05) is 31.7 Å². The second-order valence-electron chi connectivity index (χ2n) is 4.45. The monoisotopic (exact) mass is 250 g/mol. The Morgan fingerprint density at radius 1 is 1.28 bits per heavy atom. The summed E-state index contributed by atoms with van der Waals surface area (Å²) < 4.78 is 13.4. The predicted molar refractivity (Wildman–Crippen MR) is 65.2 cm³/mol. The highest BCUT2D eigenvalue weighted by molar-refractivity contribution is 5.95. The van der Waals surface area contributed by atoms with Gasteiger partial charge in [0.25, 0.3) is 5.91 Å². The predicted octanol–water partition coefficient (Wildman–Crippen LogP) is 1.03. The fraction of sp³-hybridized carbons (Fsp3) is 0.385. The average Bonchev–Trinajstić information content (AvgIpc) is 2.38. The molecule has 1 heterocycles. The highest BCUT2D eigenvalue weighted by atomic mass is 19.1. The zero-order valence-electron chi connectivity index (χ0n) is 10.2. The van der Waals surface area contributed by atoms with E-state index in [2.05, 4.69) is 4.90 Å². The van der Waals surface area contributed by atoms with E-state index in [1.54, 1.807) is 4.90 Å². The van der Waals surface area contributed by atoms with Crippen molar-refractivity contribution in [1.29, 1.82) is 0 Å². The first kappa shape index (κ1) is 12.7. The van der Waals surface area contributed by atoms with Crippen LogP contribution >= 0.6 is 0 Å². The zero-order valence-corrected chi connectivity index (χ0v) is 10.2. The van der Waals surface area contributed by atoms with Gasteiger partial charge in [-0.1, -0.05) is 0 Å². The molecule has 0 spiro atoms. The van der Waals surface area contributed by atoms with Crippen LogP contribution in [-0.4, -0.2) is 55.2 Å². The van der Waals surface area contributed by atoms with Crippen molar-refractivity contribution in [2.75, 3.05) is 33.2 Å². The summed E-state index contributed by atoms with van der Waals surface area (Å²) in [6.45, 7) is 2.93. The van der Waals surface area contributed by atoms with E-state index in [4.69, 9.17) is 0 Å². The Balaban J connectivity index is 2.13. The van der Waals surface area contributed by atoms with Crippen molar-refractivity contribution < 1.29 is 14.0 Å². The average molecular weight is 250 g/mol. The van der Waals surface area contributed by atoms with Crippen molar-refractivity contribution >= 4 is 12.2 Å². The van der Waals surface area contributed by atoms with E-state index in [9.17, 15) is 14.0 Å². The number of hydrogen-bond donors (Lipinski definition) is 0. The first-order valence-electron chi connectivity index (χ1n) is 5.84. The smallest absolute Gasteiger partial charge is 0.254 e. The number of likely N-dealkylation sites (N-methyl/N-ethyl adjacent to an activating group) is 1. The third-order valence-electron chi connectivity index (χ3n) is 3.16. The summed E-state index contributed by atoms with van der Waals surface area (Å²) in [7, 11) is 2.00. The van der Waals surface area contributed by atoms with E-state index in [-0.39, 0.29) is 11.5 Å². The lowest BCUT2D eigenvalue weighted by Crippen LogP contribution is -2.47. The fourth-order valence-electron chi connectivity index (χ4n) is 1.95. The van der Waals surface area contributed by atoms with Crippen molar-refractivity contribution in [3.05, 3.63) is 35.1 Å². The Morgan fingerprint density at radius 3 is 2.50 bits per heavy atom. The van der Waals surface area contributed by atoms with Gasteiger partial charge in [0.15, 0.2) is 6.29 Å². The molecular formula is C13H15FN2O2. The number of benzene rings is 1. The van der Waals surface area contributed by atoms with E-state index in [0.717, 1.165) is 19.2 Å². The Hall–Kier alpha value is -1.75. The maximum atomic E-state index is 13.4. The molecule has 1 aromatic rings. The number of nitrogens with zero attached hydrogens (tertiary/aromatic N) is 2. The van der Waals surface area contributed by atoms with Crippen molar-refractivity contribution in [2.24, 2.45) is 0 Å². The molecule has 0 saturated carbocycles. The Kier molecular flexibility index (Phi) is 3.72. The molecule has 1 aliphatic heterocycles. The topological polar surface area (TPSA) is 40.6 Å². The number of amides is 1. The summed E-state index contributed by atoms with van der Waals surface area (Å²) in [6, 6.07) is 3.96. The van der Waals surface area contributed by atoms with Crippen LogP contribution in [-0.2, 0) is 0 Å². The maximum Gasteiger partial charge on any atom is 0.254 e. The van der Waals surface area contributed by atoms with Gasteiger partial charge < -0.3 is 9.80 Å². The molecule has 0 aromatic heterocycles. The van der Waals surface area contributed by atoms with E-state index < -0.39 is 5.82 Å². The van der Waals surface area contributed by atoms with E-state index >= 15 is 0 Å². The molecule has 0 radical (unpaired) electrons. The second-order valence-corrected chi connectivity index (χ2v) is 4.45. The van der Waals surface area contributed by atoms with Gasteiger partial charge >= 0.3 is 0 Å². The molecule has 2 rings (SSSR count). The molecule has 1 saturated heterocycles. The highest BCUT2D eigenvalue weighted by Crippen LogP contribution is 2.12. The number of aldehydes is 1.